The zero-order valence-corrected chi connectivity index (χ0v) is 10.0. The minimum absolute atomic E-state index is 0.413. The third-order valence-electron chi connectivity index (χ3n) is 3.27. The van der Waals surface area contributed by atoms with Gasteiger partial charge in [-0.2, -0.15) is 0 Å². The Morgan fingerprint density at radius 1 is 1.58 bits per heavy atom. The molecule has 2 unspecified atom stereocenters. The lowest BCUT2D eigenvalue weighted by Crippen LogP contribution is -2.45. The molecule has 0 aromatic carbocycles. The minimum Gasteiger partial charge on any atom is -0.300 e. The van der Waals surface area contributed by atoms with Gasteiger partial charge < -0.3 is 0 Å². The second-order valence-electron chi connectivity index (χ2n) is 4.14. The van der Waals surface area contributed by atoms with Crippen LogP contribution in [0.4, 0.5) is 0 Å². The fraction of sp³-hybridized carbons (Fsp3) is 1.00. The summed E-state index contributed by atoms with van der Waals surface area (Å²) in [6.07, 6.45) is 5.28. The van der Waals surface area contributed by atoms with Crippen LogP contribution in [0.1, 0.15) is 39.5 Å². The van der Waals surface area contributed by atoms with Crippen molar-refractivity contribution < 1.29 is 0 Å². The van der Waals surface area contributed by atoms with Crippen molar-refractivity contribution >= 4 is 15.9 Å². The summed E-state index contributed by atoms with van der Waals surface area (Å²) in [5, 5.41) is 0. The zero-order valence-electron chi connectivity index (χ0n) is 8.44. The molecule has 1 rings (SSSR count). The molecule has 0 bridgehead atoms. The van der Waals surface area contributed by atoms with Crippen molar-refractivity contribution in [2.75, 3.05) is 13.6 Å². The number of halogens is 1. The van der Waals surface area contributed by atoms with Crippen LogP contribution in [0.3, 0.4) is 0 Å². The van der Waals surface area contributed by atoms with Crippen LogP contribution in [0.25, 0.3) is 0 Å². The first-order valence-corrected chi connectivity index (χ1v) is 5.88. The number of rotatable bonds is 3. The van der Waals surface area contributed by atoms with E-state index in [1.807, 2.05) is 0 Å². The fourth-order valence-electron chi connectivity index (χ4n) is 2.08. The summed E-state index contributed by atoms with van der Waals surface area (Å²) in [4.78, 5) is 3.17. The van der Waals surface area contributed by atoms with Gasteiger partial charge in [-0.1, -0.05) is 29.3 Å². The first-order valence-electron chi connectivity index (χ1n) is 4.96. The zero-order chi connectivity index (χ0) is 9.19. The van der Waals surface area contributed by atoms with Crippen LogP contribution < -0.4 is 0 Å². The molecule has 1 heterocycles. The number of hydrogen-bond donors (Lipinski definition) is 0. The van der Waals surface area contributed by atoms with E-state index >= 15 is 0 Å². The maximum absolute atomic E-state index is 3.82. The molecule has 1 saturated heterocycles. The van der Waals surface area contributed by atoms with Crippen LogP contribution in [-0.4, -0.2) is 28.9 Å². The Morgan fingerprint density at radius 2 is 2.25 bits per heavy atom. The van der Waals surface area contributed by atoms with Crippen molar-refractivity contribution in [1.29, 1.82) is 0 Å². The quantitative estimate of drug-likeness (QED) is 0.678. The Morgan fingerprint density at radius 3 is 2.67 bits per heavy atom. The number of hydrogen-bond acceptors (Lipinski definition) is 1. The Labute approximate surface area is 84.6 Å². The van der Waals surface area contributed by atoms with Gasteiger partial charge in [0.1, 0.15) is 0 Å². The maximum Gasteiger partial charge on any atom is 0.0327 e. The van der Waals surface area contributed by atoms with Crippen LogP contribution in [-0.2, 0) is 0 Å². The van der Waals surface area contributed by atoms with Gasteiger partial charge in [0.05, 0.1) is 0 Å². The summed E-state index contributed by atoms with van der Waals surface area (Å²) >= 11 is 3.82. The summed E-state index contributed by atoms with van der Waals surface area (Å²) < 4.78 is 0. The molecule has 1 fully saturated rings. The smallest absolute Gasteiger partial charge is 0.0327 e. The van der Waals surface area contributed by atoms with Gasteiger partial charge in [-0.05, 0) is 39.8 Å². The first-order chi connectivity index (χ1) is 5.61. The first kappa shape index (κ1) is 10.5. The summed E-state index contributed by atoms with van der Waals surface area (Å²) in [5.41, 5.74) is 0.413. The maximum atomic E-state index is 3.82. The van der Waals surface area contributed by atoms with Crippen LogP contribution in [0.5, 0.6) is 0 Å². The van der Waals surface area contributed by atoms with Crippen molar-refractivity contribution in [3.05, 3.63) is 0 Å². The molecule has 1 aliphatic heterocycles. The van der Waals surface area contributed by atoms with Crippen molar-refractivity contribution in [2.45, 2.75) is 49.9 Å². The third-order valence-corrected chi connectivity index (χ3v) is 4.71. The Kier molecular flexibility index (Phi) is 3.59. The summed E-state index contributed by atoms with van der Waals surface area (Å²) in [5.74, 6) is 0. The molecule has 1 aliphatic rings. The van der Waals surface area contributed by atoms with Crippen LogP contribution in [0.15, 0.2) is 0 Å². The normalized spacial score (nSPS) is 34.0. The highest BCUT2D eigenvalue weighted by molar-refractivity contribution is 9.09. The monoisotopic (exact) mass is 233 g/mol. The van der Waals surface area contributed by atoms with Gasteiger partial charge in [-0.3, -0.25) is 4.90 Å². The molecule has 0 aromatic heterocycles. The lowest BCUT2D eigenvalue weighted by atomic mass is 9.92. The van der Waals surface area contributed by atoms with Crippen molar-refractivity contribution in [2.24, 2.45) is 0 Å². The molecule has 0 N–H and O–H groups in total. The predicted molar refractivity (Wildman–Crippen MR) is 57.9 cm³/mol. The highest BCUT2D eigenvalue weighted by Gasteiger charge is 2.39. The SMILES string of the molecule is CCCC(Br)C1(C)CCCN1C. The van der Waals surface area contributed by atoms with Gasteiger partial charge in [0.15, 0.2) is 0 Å². The van der Waals surface area contributed by atoms with Crippen LogP contribution in [0, 0.1) is 0 Å². The molecule has 2 heteroatoms. The molecule has 0 saturated carbocycles. The largest absolute Gasteiger partial charge is 0.300 e. The summed E-state index contributed by atoms with van der Waals surface area (Å²) in [6, 6.07) is 0. The van der Waals surface area contributed by atoms with Crippen molar-refractivity contribution in [1.82, 2.24) is 4.90 Å². The molecule has 72 valence electrons. The number of nitrogens with zero attached hydrogens (tertiary/aromatic N) is 1. The van der Waals surface area contributed by atoms with Gasteiger partial charge in [0.25, 0.3) is 0 Å². The Hall–Kier alpha value is 0.440. The molecular weight excluding hydrogens is 214 g/mol. The molecular formula is C10H20BrN. The van der Waals surface area contributed by atoms with E-state index < -0.39 is 0 Å². The lowest BCUT2D eigenvalue weighted by molar-refractivity contribution is 0.188. The lowest BCUT2D eigenvalue weighted by Gasteiger charge is -2.37. The van der Waals surface area contributed by atoms with Gasteiger partial charge in [-0.15, -0.1) is 0 Å². The number of alkyl halides is 1. The second-order valence-corrected chi connectivity index (χ2v) is 5.24. The molecule has 1 nitrogen and oxygen atoms in total. The van der Waals surface area contributed by atoms with E-state index in [9.17, 15) is 0 Å². The van der Waals surface area contributed by atoms with Gasteiger partial charge in [0, 0.05) is 10.4 Å². The van der Waals surface area contributed by atoms with Gasteiger partial charge in [0.2, 0.25) is 0 Å². The Bertz CT molecular complexity index is 149. The Balaban J connectivity index is 2.56. The van der Waals surface area contributed by atoms with Gasteiger partial charge >= 0.3 is 0 Å². The van der Waals surface area contributed by atoms with Crippen molar-refractivity contribution in [3.63, 3.8) is 0 Å². The molecule has 0 aliphatic carbocycles. The average Bonchev–Trinajstić information content (AvgIpc) is 2.34. The van der Waals surface area contributed by atoms with E-state index in [2.05, 4.69) is 41.7 Å². The summed E-state index contributed by atoms with van der Waals surface area (Å²) in [7, 11) is 2.25. The molecule has 0 amide bonds. The fourth-order valence-corrected chi connectivity index (χ4v) is 3.12. The standard InChI is InChI=1S/C10H20BrN/c1-4-6-9(11)10(2)7-5-8-12(10)3/h9H,4-8H2,1-3H3. The average molecular weight is 234 g/mol. The second kappa shape index (κ2) is 4.10. The molecule has 0 spiro atoms. The van der Waals surface area contributed by atoms with Gasteiger partial charge in [-0.25, -0.2) is 0 Å². The van der Waals surface area contributed by atoms with E-state index in [0.717, 1.165) is 0 Å². The van der Waals surface area contributed by atoms with E-state index in [4.69, 9.17) is 0 Å². The third kappa shape index (κ3) is 1.85. The van der Waals surface area contributed by atoms with Crippen LogP contribution >= 0.6 is 15.9 Å². The van der Waals surface area contributed by atoms with Crippen molar-refractivity contribution in [3.8, 4) is 0 Å². The molecule has 12 heavy (non-hydrogen) atoms. The van der Waals surface area contributed by atoms with Crippen LogP contribution in [0.2, 0.25) is 0 Å². The summed E-state index contributed by atoms with van der Waals surface area (Å²) in [6.45, 7) is 5.91. The van der Waals surface area contributed by atoms with E-state index in [1.54, 1.807) is 0 Å². The molecule has 0 aromatic rings. The topological polar surface area (TPSA) is 3.24 Å². The predicted octanol–water partition coefficient (Wildman–Crippen LogP) is 3.03. The van der Waals surface area contributed by atoms with E-state index in [1.165, 1.54) is 32.2 Å². The number of likely N-dealkylation sites (tertiary alicyclic amines) is 1. The van der Waals surface area contributed by atoms with E-state index in [-0.39, 0.29) is 0 Å². The highest BCUT2D eigenvalue weighted by Crippen LogP contribution is 2.36. The minimum atomic E-state index is 0.413. The molecule has 2 atom stereocenters. The highest BCUT2D eigenvalue weighted by atomic mass is 79.9. The van der Waals surface area contributed by atoms with E-state index in [0.29, 0.717) is 10.4 Å². The molecule has 0 radical (unpaired) electrons.